The second-order valence-corrected chi connectivity index (χ2v) is 7.83. The highest BCUT2D eigenvalue weighted by Crippen LogP contribution is 2.36. The van der Waals surface area contributed by atoms with Gasteiger partial charge in [-0.25, -0.2) is 9.78 Å². The third-order valence-electron chi connectivity index (χ3n) is 4.87. The predicted octanol–water partition coefficient (Wildman–Crippen LogP) is 3.86. The lowest BCUT2D eigenvalue weighted by atomic mass is 10.2. The molecule has 1 fully saturated rings. The van der Waals surface area contributed by atoms with Crippen LogP contribution in [-0.4, -0.2) is 42.0 Å². The van der Waals surface area contributed by atoms with E-state index in [1.165, 1.54) is 11.8 Å². The molecule has 7 heteroatoms. The molecule has 1 N–H and O–H groups in total. The fourth-order valence-electron chi connectivity index (χ4n) is 3.55. The summed E-state index contributed by atoms with van der Waals surface area (Å²) in [5, 5.41) is 3.95. The molecule has 0 radical (unpaired) electrons. The summed E-state index contributed by atoms with van der Waals surface area (Å²) in [6.07, 6.45) is 2.05. The number of nitrogens with zero attached hydrogens (tertiary/aromatic N) is 2. The molecule has 1 aliphatic rings. The maximum absolute atomic E-state index is 12.6. The first-order valence-electron chi connectivity index (χ1n) is 9.22. The van der Waals surface area contributed by atoms with Gasteiger partial charge in [0.25, 0.3) is 0 Å². The fourth-order valence-corrected chi connectivity index (χ4v) is 4.69. The number of fused-ring (bicyclic) bond motifs is 1. The standard InChI is InChI=1S/C21H21N3O3S/c1-27-21(26)14-6-4-7-15(12-14)22-19(25)13-24-11-5-9-17(24)20-23-16-8-2-3-10-18(16)28-20/h2-4,6-8,10,12,17H,5,9,11,13H2,1H3,(H,22,25). The Hall–Kier alpha value is -2.77. The summed E-state index contributed by atoms with van der Waals surface area (Å²) in [6, 6.07) is 15.1. The lowest BCUT2D eigenvalue weighted by Crippen LogP contribution is -2.32. The van der Waals surface area contributed by atoms with Crippen molar-refractivity contribution in [3.8, 4) is 0 Å². The number of carbonyl (C=O) groups is 2. The zero-order chi connectivity index (χ0) is 19.5. The summed E-state index contributed by atoms with van der Waals surface area (Å²) in [6.45, 7) is 1.17. The van der Waals surface area contributed by atoms with Gasteiger partial charge in [-0.3, -0.25) is 9.69 Å². The molecule has 6 nitrogen and oxygen atoms in total. The molecular weight excluding hydrogens is 374 g/mol. The Balaban J connectivity index is 1.44. The van der Waals surface area contributed by atoms with Gasteiger partial charge in [-0.05, 0) is 49.7 Å². The van der Waals surface area contributed by atoms with Gasteiger partial charge in [0.1, 0.15) is 5.01 Å². The monoisotopic (exact) mass is 395 g/mol. The number of anilines is 1. The number of likely N-dealkylation sites (tertiary alicyclic amines) is 1. The number of para-hydroxylation sites is 1. The smallest absolute Gasteiger partial charge is 0.337 e. The van der Waals surface area contributed by atoms with E-state index in [-0.39, 0.29) is 11.9 Å². The van der Waals surface area contributed by atoms with Crippen LogP contribution in [-0.2, 0) is 9.53 Å². The largest absolute Gasteiger partial charge is 0.465 e. The Bertz CT molecular complexity index is 984. The van der Waals surface area contributed by atoms with Crippen LogP contribution in [0.2, 0.25) is 0 Å². The van der Waals surface area contributed by atoms with Gasteiger partial charge in [0.05, 0.1) is 35.5 Å². The van der Waals surface area contributed by atoms with E-state index < -0.39 is 5.97 Å². The van der Waals surface area contributed by atoms with E-state index in [0.29, 0.717) is 17.8 Å². The quantitative estimate of drug-likeness (QED) is 0.664. The minimum Gasteiger partial charge on any atom is -0.465 e. The fraction of sp³-hybridized carbons (Fsp3) is 0.286. The number of nitrogens with one attached hydrogen (secondary N) is 1. The summed E-state index contributed by atoms with van der Waals surface area (Å²) in [5.41, 5.74) is 2.01. The van der Waals surface area contributed by atoms with Crippen LogP contribution in [0, 0.1) is 0 Å². The van der Waals surface area contributed by atoms with E-state index in [1.54, 1.807) is 35.6 Å². The van der Waals surface area contributed by atoms with Crippen molar-refractivity contribution >= 4 is 39.1 Å². The molecule has 1 aliphatic heterocycles. The van der Waals surface area contributed by atoms with Crippen molar-refractivity contribution in [1.29, 1.82) is 0 Å². The van der Waals surface area contributed by atoms with Crippen molar-refractivity contribution in [3.63, 3.8) is 0 Å². The molecule has 1 unspecified atom stereocenters. The van der Waals surface area contributed by atoms with Crippen LogP contribution in [0.3, 0.4) is 0 Å². The second kappa shape index (κ2) is 8.08. The highest BCUT2D eigenvalue weighted by atomic mass is 32.1. The van der Waals surface area contributed by atoms with Crippen molar-refractivity contribution in [3.05, 3.63) is 59.1 Å². The lowest BCUT2D eigenvalue weighted by Gasteiger charge is -2.22. The Labute approximate surface area is 167 Å². The van der Waals surface area contributed by atoms with Crippen molar-refractivity contribution in [2.24, 2.45) is 0 Å². The van der Waals surface area contributed by atoms with Crippen LogP contribution < -0.4 is 5.32 Å². The molecule has 144 valence electrons. The first kappa shape index (κ1) is 18.6. The molecular formula is C21H21N3O3S. The Kier molecular flexibility index (Phi) is 5.36. The average Bonchev–Trinajstić information content (AvgIpc) is 3.33. The van der Waals surface area contributed by atoms with Crippen molar-refractivity contribution < 1.29 is 14.3 Å². The van der Waals surface area contributed by atoms with Gasteiger partial charge < -0.3 is 10.1 Å². The summed E-state index contributed by atoms with van der Waals surface area (Å²) in [7, 11) is 1.34. The molecule has 28 heavy (non-hydrogen) atoms. The summed E-state index contributed by atoms with van der Waals surface area (Å²) >= 11 is 1.70. The van der Waals surface area contributed by atoms with Gasteiger partial charge in [0.15, 0.2) is 0 Å². The molecule has 3 aromatic rings. The van der Waals surface area contributed by atoms with Gasteiger partial charge >= 0.3 is 5.97 Å². The van der Waals surface area contributed by atoms with Crippen LogP contribution in [0.15, 0.2) is 48.5 Å². The predicted molar refractivity (Wildman–Crippen MR) is 110 cm³/mol. The third-order valence-corrected chi connectivity index (χ3v) is 6.01. The number of benzene rings is 2. The van der Waals surface area contributed by atoms with Crippen LogP contribution in [0.5, 0.6) is 0 Å². The molecule has 2 aromatic carbocycles. The number of carbonyl (C=O) groups excluding carboxylic acids is 2. The van der Waals surface area contributed by atoms with E-state index in [9.17, 15) is 9.59 Å². The first-order valence-corrected chi connectivity index (χ1v) is 10.0. The Morgan fingerprint density at radius 1 is 1.25 bits per heavy atom. The number of esters is 1. The number of rotatable bonds is 5. The molecule has 0 aliphatic carbocycles. The minimum absolute atomic E-state index is 0.102. The number of aromatic nitrogens is 1. The molecule has 0 saturated carbocycles. The number of hydrogen-bond acceptors (Lipinski definition) is 6. The molecule has 2 heterocycles. The molecule has 0 spiro atoms. The molecule has 1 atom stereocenters. The van der Waals surface area contributed by atoms with E-state index in [4.69, 9.17) is 9.72 Å². The maximum atomic E-state index is 12.6. The molecule has 4 rings (SSSR count). The first-order chi connectivity index (χ1) is 13.6. The average molecular weight is 395 g/mol. The zero-order valence-corrected chi connectivity index (χ0v) is 16.4. The van der Waals surface area contributed by atoms with Gasteiger partial charge in [0.2, 0.25) is 5.91 Å². The highest BCUT2D eigenvalue weighted by molar-refractivity contribution is 7.18. The Morgan fingerprint density at radius 2 is 2.11 bits per heavy atom. The summed E-state index contributed by atoms with van der Waals surface area (Å²) in [4.78, 5) is 31.2. The molecule has 1 amide bonds. The number of hydrogen-bond donors (Lipinski definition) is 1. The minimum atomic E-state index is -0.424. The number of thiazole rings is 1. The van der Waals surface area contributed by atoms with E-state index in [0.717, 1.165) is 29.9 Å². The number of methoxy groups -OCH3 is 1. The van der Waals surface area contributed by atoms with Gasteiger partial charge in [0, 0.05) is 5.69 Å². The van der Waals surface area contributed by atoms with E-state index in [2.05, 4.69) is 16.3 Å². The topological polar surface area (TPSA) is 71.5 Å². The maximum Gasteiger partial charge on any atom is 0.337 e. The summed E-state index contributed by atoms with van der Waals surface area (Å²) < 4.78 is 5.90. The van der Waals surface area contributed by atoms with Crippen molar-refractivity contribution in [2.75, 3.05) is 25.5 Å². The normalized spacial score (nSPS) is 17.0. The highest BCUT2D eigenvalue weighted by Gasteiger charge is 2.30. The van der Waals surface area contributed by atoms with Gasteiger partial charge in [-0.15, -0.1) is 11.3 Å². The summed E-state index contributed by atoms with van der Waals surface area (Å²) in [5.74, 6) is -0.526. The van der Waals surface area contributed by atoms with Crippen LogP contribution >= 0.6 is 11.3 Å². The van der Waals surface area contributed by atoms with Crippen LogP contribution in [0.4, 0.5) is 5.69 Å². The van der Waals surface area contributed by atoms with Crippen LogP contribution in [0.25, 0.3) is 10.2 Å². The Morgan fingerprint density at radius 3 is 2.93 bits per heavy atom. The molecule has 1 saturated heterocycles. The van der Waals surface area contributed by atoms with Crippen molar-refractivity contribution in [1.82, 2.24) is 9.88 Å². The number of ether oxygens (including phenoxy) is 1. The lowest BCUT2D eigenvalue weighted by molar-refractivity contribution is -0.117. The van der Waals surface area contributed by atoms with Crippen molar-refractivity contribution in [2.45, 2.75) is 18.9 Å². The molecule has 1 aromatic heterocycles. The third kappa shape index (κ3) is 3.90. The van der Waals surface area contributed by atoms with Gasteiger partial charge in [-0.1, -0.05) is 18.2 Å². The van der Waals surface area contributed by atoms with Gasteiger partial charge in [-0.2, -0.15) is 0 Å². The zero-order valence-electron chi connectivity index (χ0n) is 15.6. The van der Waals surface area contributed by atoms with E-state index in [1.807, 2.05) is 18.2 Å². The SMILES string of the molecule is COC(=O)c1cccc(NC(=O)CN2CCCC2c2nc3ccccc3s2)c1. The number of amides is 1. The molecule has 0 bridgehead atoms. The van der Waals surface area contributed by atoms with E-state index >= 15 is 0 Å². The van der Waals surface area contributed by atoms with Crippen LogP contribution in [0.1, 0.15) is 34.2 Å². The second-order valence-electron chi connectivity index (χ2n) is 6.77.